The fourth-order valence-corrected chi connectivity index (χ4v) is 5.22. The predicted molar refractivity (Wildman–Crippen MR) is 126 cm³/mol. The van der Waals surface area contributed by atoms with E-state index in [1.165, 1.54) is 17.4 Å². The SMILES string of the molecule is Cc1c(F)cccc1C(=O)N1CCC(CCCCNC(=O)c2cc3ccncc3s2)CC1. The van der Waals surface area contributed by atoms with Gasteiger partial charge in [0, 0.05) is 37.6 Å². The first-order chi connectivity index (χ1) is 15.5. The molecule has 1 aliphatic rings. The summed E-state index contributed by atoms with van der Waals surface area (Å²) in [7, 11) is 0. The lowest BCUT2D eigenvalue weighted by Crippen LogP contribution is -2.38. The van der Waals surface area contributed by atoms with Crippen molar-refractivity contribution in [3.05, 3.63) is 64.5 Å². The van der Waals surface area contributed by atoms with Crippen LogP contribution in [0.2, 0.25) is 0 Å². The number of hydrogen-bond donors (Lipinski definition) is 1. The van der Waals surface area contributed by atoms with Gasteiger partial charge >= 0.3 is 0 Å². The Balaban J connectivity index is 1.15. The number of rotatable bonds is 7. The number of thiophene rings is 1. The molecule has 32 heavy (non-hydrogen) atoms. The van der Waals surface area contributed by atoms with Crippen molar-refractivity contribution in [3.8, 4) is 0 Å². The first-order valence-electron chi connectivity index (χ1n) is 11.2. The van der Waals surface area contributed by atoms with Gasteiger partial charge in [-0.15, -0.1) is 11.3 Å². The molecule has 0 spiro atoms. The Kier molecular flexibility index (Phi) is 7.15. The second kappa shape index (κ2) is 10.2. The van der Waals surface area contributed by atoms with Crippen molar-refractivity contribution in [2.45, 2.75) is 39.0 Å². The number of nitrogens with one attached hydrogen (secondary N) is 1. The number of nitrogens with zero attached hydrogens (tertiary/aromatic N) is 2. The number of unbranched alkanes of at least 4 members (excludes halogenated alkanes) is 1. The van der Waals surface area contributed by atoms with Crippen LogP contribution in [0.25, 0.3) is 10.1 Å². The average molecular weight is 454 g/mol. The van der Waals surface area contributed by atoms with Gasteiger partial charge in [-0.1, -0.05) is 18.9 Å². The first kappa shape index (κ1) is 22.4. The Hall–Kier alpha value is -2.80. The molecule has 2 aromatic heterocycles. The molecule has 1 aromatic carbocycles. The number of hydrogen-bond acceptors (Lipinski definition) is 4. The third-order valence-corrected chi connectivity index (χ3v) is 7.36. The minimum atomic E-state index is -0.331. The van der Waals surface area contributed by atoms with Crippen LogP contribution in [0.5, 0.6) is 0 Å². The summed E-state index contributed by atoms with van der Waals surface area (Å²) in [5, 5.41) is 4.06. The van der Waals surface area contributed by atoms with Crippen LogP contribution in [0.15, 0.2) is 42.7 Å². The van der Waals surface area contributed by atoms with Crippen molar-refractivity contribution < 1.29 is 14.0 Å². The van der Waals surface area contributed by atoms with E-state index in [2.05, 4.69) is 10.3 Å². The van der Waals surface area contributed by atoms with Gasteiger partial charge in [-0.25, -0.2) is 4.39 Å². The Morgan fingerprint density at radius 2 is 2.03 bits per heavy atom. The third kappa shape index (κ3) is 5.15. The zero-order valence-electron chi connectivity index (χ0n) is 18.3. The molecule has 0 radical (unpaired) electrons. The van der Waals surface area contributed by atoms with Gasteiger partial charge in [0.15, 0.2) is 0 Å². The Morgan fingerprint density at radius 1 is 1.22 bits per heavy atom. The monoisotopic (exact) mass is 453 g/mol. The third-order valence-electron chi connectivity index (χ3n) is 6.27. The van der Waals surface area contributed by atoms with E-state index in [1.54, 1.807) is 31.5 Å². The van der Waals surface area contributed by atoms with E-state index in [4.69, 9.17) is 0 Å². The number of piperidine rings is 1. The van der Waals surface area contributed by atoms with Crippen molar-refractivity contribution in [3.63, 3.8) is 0 Å². The summed E-state index contributed by atoms with van der Waals surface area (Å²) in [6, 6.07) is 8.52. The predicted octanol–water partition coefficient (Wildman–Crippen LogP) is 5.20. The summed E-state index contributed by atoms with van der Waals surface area (Å²) in [4.78, 5) is 31.8. The normalized spacial score (nSPS) is 14.6. The zero-order valence-corrected chi connectivity index (χ0v) is 19.1. The molecular weight excluding hydrogens is 425 g/mol. The molecule has 3 aromatic rings. The number of amides is 2. The van der Waals surface area contributed by atoms with E-state index in [0.717, 1.165) is 60.2 Å². The van der Waals surface area contributed by atoms with Crippen LogP contribution in [-0.2, 0) is 0 Å². The number of pyridine rings is 1. The largest absolute Gasteiger partial charge is 0.351 e. The van der Waals surface area contributed by atoms with E-state index < -0.39 is 0 Å². The van der Waals surface area contributed by atoms with Crippen LogP contribution >= 0.6 is 11.3 Å². The van der Waals surface area contributed by atoms with Gasteiger partial charge in [0.25, 0.3) is 11.8 Å². The van der Waals surface area contributed by atoms with Crippen molar-refractivity contribution in [1.29, 1.82) is 0 Å². The van der Waals surface area contributed by atoms with Crippen LogP contribution in [0, 0.1) is 18.7 Å². The lowest BCUT2D eigenvalue weighted by Gasteiger charge is -2.32. The molecule has 168 valence electrons. The van der Waals surface area contributed by atoms with Crippen molar-refractivity contribution in [1.82, 2.24) is 15.2 Å². The minimum Gasteiger partial charge on any atom is -0.351 e. The zero-order chi connectivity index (χ0) is 22.5. The highest BCUT2D eigenvalue weighted by molar-refractivity contribution is 7.20. The van der Waals surface area contributed by atoms with Gasteiger partial charge in [0.1, 0.15) is 5.82 Å². The van der Waals surface area contributed by atoms with Crippen molar-refractivity contribution in [2.75, 3.05) is 19.6 Å². The van der Waals surface area contributed by atoms with Crippen LogP contribution in [0.3, 0.4) is 0 Å². The second-order valence-corrected chi connectivity index (χ2v) is 9.51. The molecule has 5 nitrogen and oxygen atoms in total. The topological polar surface area (TPSA) is 62.3 Å². The number of aromatic nitrogens is 1. The first-order valence-corrected chi connectivity index (χ1v) is 12.0. The van der Waals surface area contributed by atoms with Crippen LogP contribution in [0.1, 0.15) is 57.7 Å². The molecule has 1 saturated heterocycles. The van der Waals surface area contributed by atoms with Crippen molar-refractivity contribution in [2.24, 2.45) is 5.92 Å². The van der Waals surface area contributed by atoms with Crippen LogP contribution in [0.4, 0.5) is 4.39 Å². The molecular formula is C25H28FN3O2S. The Bertz CT molecular complexity index is 1070. The number of carbonyl (C=O) groups is 2. The number of halogens is 1. The molecule has 1 N–H and O–H groups in total. The lowest BCUT2D eigenvalue weighted by molar-refractivity contribution is 0.0684. The Labute approximate surface area is 191 Å². The maximum absolute atomic E-state index is 13.8. The number of carbonyl (C=O) groups excluding carboxylic acids is 2. The molecule has 3 heterocycles. The molecule has 1 fully saturated rings. The molecule has 2 amide bonds. The maximum atomic E-state index is 13.8. The van der Waals surface area contributed by atoms with E-state index in [0.29, 0.717) is 23.6 Å². The molecule has 4 rings (SSSR count). The summed E-state index contributed by atoms with van der Waals surface area (Å²) in [6.45, 7) is 3.77. The van der Waals surface area contributed by atoms with Gasteiger partial charge in [-0.2, -0.15) is 0 Å². The smallest absolute Gasteiger partial charge is 0.261 e. The fourth-order valence-electron chi connectivity index (χ4n) is 4.28. The summed E-state index contributed by atoms with van der Waals surface area (Å²) in [5.41, 5.74) is 0.892. The number of fused-ring (bicyclic) bond motifs is 1. The second-order valence-electron chi connectivity index (χ2n) is 8.42. The maximum Gasteiger partial charge on any atom is 0.261 e. The van der Waals surface area contributed by atoms with E-state index in [9.17, 15) is 14.0 Å². The lowest BCUT2D eigenvalue weighted by atomic mass is 9.91. The minimum absolute atomic E-state index is 0.0225. The number of likely N-dealkylation sites (tertiary alicyclic amines) is 1. The number of benzene rings is 1. The summed E-state index contributed by atoms with van der Waals surface area (Å²) < 4.78 is 14.8. The van der Waals surface area contributed by atoms with Crippen molar-refractivity contribution >= 4 is 33.2 Å². The fraction of sp³-hybridized carbons (Fsp3) is 0.400. The highest BCUT2D eigenvalue weighted by Crippen LogP contribution is 2.26. The highest BCUT2D eigenvalue weighted by Gasteiger charge is 2.24. The van der Waals surface area contributed by atoms with Gasteiger partial charge in [0.2, 0.25) is 0 Å². The van der Waals surface area contributed by atoms with E-state index in [1.807, 2.05) is 17.0 Å². The van der Waals surface area contributed by atoms with Crippen LogP contribution < -0.4 is 5.32 Å². The standard InChI is InChI=1S/C25H28FN3O2S/c1-17-20(6-4-7-21(17)26)25(31)29-13-9-18(10-14-29)5-2-3-11-28-24(30)22-15-19-8-12-27-16-23(19)32-22/h4,6-8,12,15-16,18H,2-3,5,9-11,13-14H2,1H3,(H,28,30). The summed E-state index contributed by atoms with van der Waals surface area (Å²) in [5.74, 6) is 0.173. The summed E-state index contributed by atoms with van der Waals surface area (Å²) >= 11 is 1.47. The van der Waals surface area contributed by atoms with Gasteiger partial charge in [0.05, 0.1) is 9.58 Å². The molecule has 0 unspecified atom stereocenters. The van der Waals surface area contributed by atoms with Gasteiger partial charge < -0.3 is 10.2 Å². The summed E-state index contributed by atoms with van der Waals surface area (Å²) in [6.07, 6.45) is 8.57. The molecule has 7 heteroatoms. The van der Waals surface area contributed by atoms with Gasteiger partial charge in [-0.3, -0.25) is 14.6 Å². The highest BCUT2D eigenvalue weighted by atomic mass is 32.1. The molecule has 0 bridgehead atoms. The molecule has 0 atom stereocenters. The van der Waals surface area contributed by atoms with E-state index >= 15 is 0 Å². The van der Waals surface area contributed by atoms with Crippen LogP contribution in [-0.4, -0.2) is 41.3 Å². The quantitative estimate of drug-likeness (QED) is 0.501. The Morgan fingerprint density at radius 3 is 2.81 bits per heavy atom. The van der Waals surface area contributed by atoms with E-state index in [-0.39, 0.29) is 17.6 Å². The van der Waals surface area contributed by atoms with Gasteiger partial charge in [-0.05, 0) is 67.3 Å². The molecule has 1 aliphatic heterocycles. The molecule has 0 saturated carbocycles. The molecule has 0 aliphatic carbocycles. The average Bonchev–Trinajstić information content (AvgIpc) is 3.25.